The molecule has 0 atom stereocenters. The molecule has 0 amide bonds. The van der Waals surface area contributed by atoms with Gasteiger partial charge in [-0.05, 0) is 52.0 Å². The summed E-state index contributed by atoms with van der Waals surface area (Å²) in [4.78, 5) is 4.33. The molecule has 0 bridgehead atoms. The highest BCUT2D eigenvalue weighted by Gasteiger charge is 2.35. The van der Waals surface area contributed by atoms with Crippen LogP contribution >= 0.6 is 0 Å². The molecular weight excluding hydrogens is 347 g/mol. The summed E-state index contributed by atoms with van der Waals surface area (Å²) in [7, 11) is 1.72. The van der Waals surface area contributed by atoms with Gasteiger partial charge in [-0.3, -0.25) is 4.98 Å². The van der Waals surface area contributed by atoms with Crippen LogP contribution in [0.15, 0.2) is 67.0 Å². The maximum Gasteiger partial charge on any atom is 0.330 e. The van der Waals surface area contributed by atoms with Gasteiger partial charge in [-0.2, -0.15) is 0 Å². The predicted octanol–water partition coefficient (Wildman–Crippen LogP) is 3.99. The van der Waals surface area contributed by atoms with Gasteiger partial charge >= 0.3 is 7.48 Å². The van der Waals surface area contributed by atoms with Crippen LogP contribution in [0.4, 0.5) is 0 Å². The predicted molar refractivity (Wildman–Crippen MR) is 115 cm³/mol. The summed E-state index contributed by atoms with van der Waals surface area (Å²) >= 11 is 0. The molecule has 1 radical (unpaired) electrons. The van der Waals surface area contributed by atoms with Crippen LogP contribution in [0.2, 0.25) is 0 Å². The lowest BCUT2D eigenvalue weighted by Crippen LogP contribution is -2.49. The summed E-state index contributed by atoms with van der Waals surface area (Å²) in [6.07, 6.45) is 3.73. The van der Waals surface area contributed by atoms with Crippen molar-refractivity contribution in [3.8, 4) is 5.69 Å². The van der Waals surface area contributed by atoms with Crippen molar-refractivity contribution in [1.29, 1.82) is 0 Å². The zero-order valence-electron chi connectivity index (χ0n) is 16.7. The van der Waals surface area contributed by atoms with E-state index in [1.165, 1.54) is 0 Å². The summed E-state index contributed by atoms with van der Waals surface area (Å²) in [5.74, 6) is 0. The smallest absolute Gasteiger partial charge is 0.330 e. The SMILES string of the molecule is CC(C)(O)C(C)(C)O[B]c1ccc2c(c1)c1cnccc1n2-c1ccccc1. The quantitative estimate of drug-likeness (QED) is 0.540. The average molecular weight is 371 g/mol. The monoisotopic (exact) mass is 371 g/mol. The Kier molecular flexibility index (Phi) is 4.52. The molecule has 2 heterocycles. The third kappa shape index (κ3) is 3.21. The molecule has 4 aromatic rings. The van der Waals surface area contributed by atoms with Crippen LogP contribution in [0.1, 0.15) is 27.7 Å². The van der Waals surface area contributed by atoms with Gasteiger partial charge in [0.25, 0.3) is 0 Å². The third-order valence-corrected chi connectivity index (χ3v) is 5.57. The van der Waals surface area contributed by atoms with Gasteiger partial charge in [0.05, 0.1) is 22.2 Å². The highest BCUT2D eigenvalue weighted by molar-refractivity contribution is 6.47. The third-order valence-electron chi connectivity index (χ3n) is 5.57. The van der Waals surface area contributed by atoms with E-state index in [-0.39, 0.29) is 0 Å². The first-order chi connectivity index (χ1) is 13.3. The fourth-order valence-corrected chi connectivity index (χ4v) is 3.17. The second kappa shape index (κ2) is 6.76. The van der Waals surface area contributed by atoms with Crippen molar-refractivity contribution in [2.45, 2.75) is 38.9 Å². The van der Waals surface area contributed by atoms with Crippen molar-refractivity contribution in [3.05, 3.63) is 67.0 Å². The number of hydrogen-bond acceptors (Lipinski definition) is 3. The number of aliphatic hydroxyl groups is 1. The Balaban J connectivity index is 1.80. The maximum absolute atomic E-state index is 10.3. The van der Waals surface area contributed by atoms with Gasteiger partial charge in [0.1, 0.15) is 0 Å². The summed E-state index contributed by atoms with van der Waals surface area (Å²) in [6.45, 7) is 7.27. The number of para-hydroxylation sites is 1. The minimum atomic E-state index is -0.957. The number of pyridine rings is 1. The standard InChI is InChI=1S/C23H24BN2O2/c1-22(2,27)23(3,4)28-24-16-10-11-20-18(14-16)19-15-25-13-12-21(19)26(20)17-8-6-5-7-9-17/h5-15,27H,1-4H3. The van der Waals surface area contributed by atoms with E-state index in [1.807, 2.05) is 56.6 Å². The van der Waals surface area contributed by atoms with E-state index in [0.717, 1.165) is 33.0 Å². The molecule has 0 fully saturated rings. The molecule has 0 aliphatic carbocycles. The summed E-state index contributed by atoms with van der Waals surface area (Å²) in [5, 5.41) is 12.5. The van der Waals surface area contributed by atoms with E-state index in [4.69, 9.17) is 4.65 Å². The van der Waals surface area contributed by atoms with E-state index in [1.54, 1.807) is 21.3 Å². The fourth-order valence-electron chi connectivity index (χ4n) is 3.17. The van der Waals surface area contributed by atoms with Gasteiger partial charge < -0.3 is 14.3 Å². The van der Waals surface area contributed by atoms with Gasteiger partial charge in [-0.1, -0.05) is 35.8 Å². The summed E-state index contributed by atoms with van der Waals surface area (Å²) in [6, 6.07) is 18.6. The molecule has 0 aliphatic rings. The lowest BCUT2D eigenvalue weighted by Gasteiger charge is -2.37. The molecule has 0 saturated heterocycles. The minimum absolute atomic E-state index is 0.707. The number of nitrogens with zero attached hydrogens (tertiary/aromatic N) is 2. The van der Waals surface area contributed by atoms with E-state index in [0.29, 0.717) is 0 Å². The van der Waals surface area contributed by atoms with E-state index >= 15 is 0 Å². The van der Waals surface area contributed by atoms with Crippen molar-refractivity contribution in [2.75, 3.05) is 0 Å². The molecule has 0 saturated carbocycles. The molecule has 2 aromatic heterocycles. The Bertz CT molecular complexity index is 1130. The lowest BCUT2D eigenvalue weighted by molar-refractivity contribution is -0.0893. The molecule has 0 aliphatic heterocycles. The normalized spacial score (nSPS) is 12.6. The molecule has 2 aromatic carbocycles. The number of aromatic nitrogens is 2. The molecule has 4 rings (SSSR count). The number of fused-ring (bicyclic) bond motifs is 3. The Morgan fingerprint density at radius 2 is 1.64 bits per heavy atom. The van der Waals surface area contributed by atoms with Crippen LogP contribution < -0.4 is 5.46 Å². The minimum Gasteiger partial charge on any atom is -0.427 e. The topological polar surface area (TPSA) is 47.3 Å². The van der Waals surface area contributed by atoms with Gasteiger partial charge in [-0.15, -0.1) is 0 Å². The molecular formula is C23H24BN2O2. The van der Waals surface area contributed by atoms with E-state index in [2.05, 4.69) is 33.8 Å². The molecule has 0 unspecified atom stereocenters. The molecule has 4 nitrogen and oxygen atoms in total. The first-order valence-corrected chi connectivity index (χ1v) is 9.45. The van der Waals surface area contributed by atoms with E-state index in [9.17, 15) is 5.11 Å². The molecule has 5 heteroatoms. The zero-order valence-corrected chi connectivity index (χ0v) is 16.7. The van der Waals surface area contributed by atoms with Crippen LogP contribution in [0.5, 0.6) is 0 Å². The van der Waals surface area contributed by atoms with Crippen LogP contribution in [0.25, 0.3) is 27.5 Å². The maximum atomic E-state index is 10.3. The second-order valence-electron chi connectivity index (χ2n) is 8.15. The van der Waals surface area contributed by atoms with Crippen molar-refractivity contribution >= 4 is 34.8 Å². The largest absolute Gasteiger partial charge is 0.427 e. The number of rotatable bonds is 5. The van der Waals surface area contributed by atoms with Crippen molar-refractivity contribution < 1.29 is 9.76 Å². The molecule has 141 valence electrons. The van der Waals surface area contributed by atoms with Gasteiger partial charge in [0, 0.05) is 28.9 Å². The highest BCUT2D eigenvalue weighted by Crippen LogP contribution is 2.31. The Hall–Kier alpha value is -2.63. The summed E-state index contributed by atoms with van der Waals surface area (Å²) in [5.41, 5.74) is 2.63. The van der Waals surface area contributed by atoms with Gasteiger partial charge in [0.15, 0.2) is 0 Å². The Morgan fingerprint density at radius 3 is 2.36 bits per heavy atom. The zero-order chi connectivity index (χ0) is 19.9. The summed E-state index contributed by atoms with van der Waals surface area (Å²) < 4.78 is 8.18. The Morgan fingerprint density at radius 1 is 0.929 bits per heavy atom. The molecule has 1 N–H and O–H groups in total. The van der Waals surface area contributed by atoms with Crippen molar-refractivity contribution in [2.24, 2.45) is 0 Å². The molecule has 0 spiro atoms. The van der Waals surface area contributed by atoms with Gasteiger partial charge in [-0.25, -0.2) is 0 Å². The van der Waals surface area contributed by atoms with Crippen LogP contribution in [-0.2, 0) is 4.65 Å². The van der Waals surface area contributed by atoms with Crippen LogP contribution in [0, 0.1) is 0 Å². The van der Waals surface area contributed by atoms with Crippen molar-refractivity contribution in [1.82, 2.24) is 9.55 Å². The van der Waals surface area contributed by atoms with Crippen molar-refractivity contribution in [3.63, 3.8) is 0 Å². The Labute approximate surface area is 166 Å². The fraction of sp³-hybridized carbons (Fsp3) is 0.261. The van der Waals surface area contributed by atoms with Gasteiger partial charge in [0.2, 0.25) is 0 Å². The van der Waals surface area contributed by atoms with Crippen LogP contribution in [0.3, 0.4) is 0 Å². The second-order valence-corrected chi connectivity index (χ2v) is 8.15. The lowest BCUT2D eigenvalue weighted by atomic mass is 9.82. The van der Waals surface area contributed by atoms with E-state index < -0.39 is 11.2 Å². The number of hydrogen-bond donors (Lipinski definition) is 1. The van der Waals surface area contributed by atoms with Crippen LogP contribution in [-0.4, -0.2) is 33.3 Å². The first kappa shape index (κ1) is 18.7. The first-order valence-electron chi connectivity index (χ1n) is 9.45. The number of benzene rings is 2. The average Bonchev–Trinajstić information content (AvgIpc) is 3.00. The highest BCUT2D eigenvalue weighted by atomic mass is 16.5. The molecule has 28 heavy (non-hydrogen) atoms.